The van der Waals surface area contributed by atoms with Gasteiger partial charge in [-0.3, -0.25) is 9.36 Å². The van der Waals surface area contributed by atoms with Crippen LogP contribution in [0.15, 0.2) is 29.3 Å². The van der Waals surface area contributed by atoms with Crippen LogP contribution in [0.5, 0.6) is 0 Å². The van der Waals surface area contributed by atoms with E-state index in [4.69, 9.17) is 11.6 Å². The number of aromatic nitrogens is 6. The normalized spacial score (nSPS) is 11.2. The molecule has 1 aromatic carbocycles. The first-order chi connectivity index (χ1) is 10.7. The maximum Gasteiger partial charge on any atom is 0.261 e. The molecule has 3 rings (SSSR count). The predicted molar refractivity (Wildman–Crippen MR) is 82.8 cm³/mol. The van der Waals surface area contributed by atoms with Gasteiger partial charge in [0.15, 0.2) is 5.82 Å². The summed E-state index contributed by atoms with van der Waals surface area (Å²) in [4.78, 5) is 16.8. The maximum absolute atomic E-state index is 12.5. The van der Waals surface area contributed by atoms with E-state index >= 15 is 0 Å². The molecule has 0 saturated heterocycles. The smallest absolute Gasteiger partial charge is 0.261 e. The molecule has 0 radical (unpaired) electrons. The first kappa shape index (κ1) is 14.6. The third-order valence-electron chi connectivity index (χ3n) is 3.43. The third-order valence-corrected chi connectivity index (χ3v) is 3.66. The number of benzene rings is 1. The molecule has 8 heteroatoms. The van der Waals surface area contributed by atoms with Gasteiger partial charge in [0.2, 0.25) is 0 Å². The SMILES string of the molecule is CCCCn1nnnc1Cn1cnc2cc(Cl)ccc2c1=O. The standard InChI is InChI=1S/C14H15ClN6O/c1-2-3-6-21-13(17-18-19-21)8-20-9-16-12-7-10(15)4-5-11(12)14(20)22/h4-5,7,9H,2-3,6,8H2,1H3. The first-order valence-corrected chi connectivity index (χ1v) is 7.46. The number of unbranched alkanes of at least 4 members (excludes halogenated alkanes) is 1. The van der Waals surface area contributed by atoms with E-state index in [-0.39, 0.29) is 5.56 Å². The minimum Gasteiger partial charge on any atom is -0.291 e. The van der Waals surface area contributed by atoms with Crippen LogP contribution in [0.3, 0.4) is 0 Å². The second-order valence-corrected chi connectivity index (χ2v) is 5.45. The van der Waals surface area contributed by atoms with E-state index in [1.165, 1.54) is 10.9 Å². The highest BCUT2D eigenvalue weighted by molar-refractivity contribution is 6.31. The van der Waals surface area contributed by atoms with Crippen molar-refractivity contribution in [1.82, 2.24) is 29.8 Å². The van der Waals surface area contributed by atoms with Crippen LogP contribution in [0.1, 0.15) is 25.6 Å². The second kappa shape index (κ2) is 6.23. The molecular weight excluding hydrogens is 304 g/mol. The van der Waals surface area contributed by atoms with E-state index in [1.54, 1.807) is 22.9 Å². The van der Waals surface area contributed by atoms with Gasteiger partial charge in [-0.15, -0.1) is 5.10 Å². The number of nitrogens with zero attached hydrogens (tertiary/aromatic N) is 6. The summed E-state index contributed by atoms with van der Waals surface area (Å²) in [6, 6.07) is 5.04. The predicted octanol–water partition coefficient (Wildman–Crippen LogP) is 1.88. The summed E-state index contributed by atoms with van der Waals surface area (Å²) in [5, 5.41) is 12.7. The Hall–Kier alpha value is -2.28. The number of fused-ring (bicyclic) bond motifs is 1. The number of hydrogen-bond donors (Lipinski definition) is 0. The molecule has 0 N–H and O–H groups in total. The summed E-state index contributed by atoms with van der Waals surface area (Å²) in [5.41, 5.74) is 0.450. The number of aryl methyl sites for hydroxylation is 1. The molecule has 2 aromatic heterocycles. The van der Waals surface area contributed by atoms with Crippen LogP contribution in [0.4, 0.5) is 0 Å². The molecule has 0 fully saturated rings. The van der Waals surface area contributed by atoms with Gasteiger partial charge in [0, 0.05) is 11.6 Å². The minimum atomic E-state index is -0.133. The molecule has 0 aliphatic carbocycles. The van der Waals surface area contributed by atoms with E-state index in [0.717, 1.165) is 19.4 Å². The van der Waals surface area contributed by atoms with Crippen molar-refractivity contribution in [2.24, 2.45) is 0 Å². The summed E-state index contributed by atoms with van der Waals surface area (Å²) in [6.45, 7) is 3.14. The summed E-state index contributed by atoms with van der Waals surface area (Å²) in [5.74, 6) is 0.644. The molecule has 114 valence electrons. The van der Waals surface area contributed by atoms with E-state index in [2.05, 4.69) is 27.4 Å². The van der Waals surface area contributed by atoms with Gasteiger partial charge in [-0.25, -0.2) is 9.67 Å². The topological polar surface area (TPSA) is 78.5 Å². The summed E-state index contributed by atoms with van der Waals surface area (Å²) >= 11 is 5.92. The zero-order chi connectivity index (χ0) is 15.5. The molecule has 0 amide bonds. The highest BCUT2D eigenvalue weighted by Crippen LogP contribution is 2.14. The lowest BCUT2D eigenvalue weighted by molar-refractivity contribution is 0.521. The Kier molecular flexibility index (Phi) is 4.15. The lowest BCUT2D eigenvalue weighted by atomic mass is 10.2. The average Bonchev–Trinajstić information content (AvgIpc) is 2.95. The fourth-order valence-corrected chi connectivity index (χ4v) is 2.38. The Labute approximate surface area is 131 Å². The molecule has 0 aliphatic heterocycles. The lowest BCUT2D eigenvalue weighted by Gasteiger charge is -2.07. The van der Waals surface area contributed by atoms with Crippen molar-refractivity contribution in [1.29, 1.82) is 0 Å². The van der Waals surface area contributed by atoms with Gasteiger partial charge in [0.05, 0.1) is 23.8 Å². The van der Waals surface area contributed by atoms with Gasteiger partial charge < -0.3 is 0 Å². The van der Waals surface area contributed by atoms with Gasteiger partial charge in [-0.1, -0.05) is 24.9 Å². The van der Waals surface area contributed by atoms with E-state index in [9.17, 15) is 4.79 Å². The molecule has 0 bridgehead atoms. The molecule has 3 aromatic rings. The van der Waals surface area contributed by atoms with Gasteiger partial charge >= 0.3 is 0 Å². The van der Waals surface area contributed by atoms with Crippen molar-refractivity contribution in [3.8, 4) is 0 Å². The van der Waals surface area contributed by atoms with E-state index < -0.39 is 0 Å². The van der Waals surface area contributed by atoms with Crippen LogP contribution in [0.2, 0.25) is 5.02 Å². The molecule has 0 unspecified atom stereocenters. The Morgan fingerprint density at radius 1 is 1.32 bits per heavy atom. The van der Waals surface area contributed by atoms with Gasteiger partial charge in [-0.05, 0) is 35.0 Å². The second-order valence-electron chi connectivity index (χ2n) is 5.01. The van der Waals surface area contributed by atoms with Crippen molar-refractivity contribution >= 4 is 22.5 Å². The van der Waals surface area contributed by atoms with Gasteiger partial charge in [0.25, 0.3) is 5.56 Å². The van der Waals surface area contributed by atoms with Crippen molar-refractivity contribution in [2.75, 3.05) is 0 Å². The van der Waals surface area contributed by atoms with Crippen LogP contribution >= 0.6 is 11.6 Å². The van der Waals surface area contributed by atoms with Crippen molar-refractivity contribution in [3.63, 3.8) is 0 Å². The number of halogens is 1. The number of rotatable bonds is 5. The quantitative estimate of drug-likeness (QED) is 0.717. The molecular formula is C14H15ClN6O. The molecule has 0 saturated carbocycles. The lowest BCUT2D eigenvalue weighted by Crippen LogP contribution is -2.23. The first-order valence-electron chi connectivity index (χ1n) is 7.09. The Balaban J connectivity index is 1.95. The van der Waals surface area contributed by atoms with Crippen LogP contribution in [-0.4, -0.2) is 29.8 Å². The summed E-state index contributed by atoms with van der Waals surface area (Å²) in [7, 11) is 0. The third kappa shape index (κ3) is 2.85. The van der Waals surface area contributed by atoms with Crippen LogP contribution in [-0.2, 0) is 13.1 Å². The molecule has 2 heterocycles. The fourth-order valence-electron chi connectivity index (χ4n) is 2.21. The Morgan fingerprint density at radius 3 is 3.00 bits per heavy atom. The highest BCUT2D eigenvalue weighted by atomic mass is 35.5. The zero-order valence-electron chi connectivity index (χ0n) is 12.1. The minimum absolute atomic E-state index is 0.133. The number of hydrogen-bond acceptors (Lipinski definition) is 5. The maximum atomic E-state index is 12.5. The number of tetrazole rings is 1. The molecule has 0 aliphatic rings. The summed E-state index contributed by atoms with van der Waals surface area (Å²) in [6.07, 6.45) is 3.54. The van der Waals surface area contributed by atoms with Crippen molar-refractivity contribution in [2.45, 2.75) is 32.9 Å². The Bertz CT molecular complexity index is 856. The zero-order valence-corrected chi connectivity index (χ0v) is 12.9. The highest BCUT2D eigenvalue weighted by Gasteiger charge is 2.10. The van der Waals surface area contributed by atoms with Crippen LogP contribution in [0, 0.1) is 0 Å². The van der Waals surface area contributed by atoms with E-state index in [0.29, 0.717) is 28.3 Å². The molecule has 0 atom stereocenters. The molecule has 7 nitrogen and oxygen atoms in total. The van der Waals surface area contributed by atoms with Crippen molar-refractivity contribution in [3.05, 3.63) is 45.7 Å². The fraction of sp³-hybridized carbons (Fsp3) is 0.357. The van der Waals surface area contributed by atoms with Gasteiger partial charge in [-0.2, -0.15) is 0 Å². The molecule has 0 spiro atoms. The van der Waals surface area contributed by atoms with Crippen LogP contribution in [0.25, 0.3) is 10.9 Å². The Morgan fingerprint density at radius 2 is 2.18 bits per heavy atom. The monoisotopic (exact) mass is 318 g/mol. The summed E-state index contributed by atoms with van der Waals surface area (Å²) < 4.78 is 3.23. The van der Waals surface area contributed by atoms with Crippen LogP contribution < -0.4 is 5.56 Å². The largest absolute Gasteiger partial charge is 0.291 e. The van der Waals surface area contributed by atoms with Gasteiger partial charge in [0.1, 0.15) is 0 Å². The van der Waals surface area contributed by atoms with Crippen molar-refractivity contribution < 1.29 is 0 Å². The average molecular weight is 319 g/mol. The van der Waals surface area contributed by atoms with E-state index in [1.807, 2.05) is 0 Å². The molecule has 22 heavy (non-hydrogen) atoms.